The lowest BCUT2D eigenvalue weighted by molar-refractivity contribution is -0.147. The van der Waals surface area contributed by atoms with Gasteiger partial charge in [0.05, 0.1) is 0 Å². The van der Waals surface area contributed by atoms with Gasteiger partial charge in [-0.05, 0) is 64.0 Å². The zero-order valence-corrected chi connectivity index (χ0v) is 28.1. The summed E-state index contributed by atoms with van der Waals surface area (Å²) in [4.78, 5) is 35.9. The maximum absolute atomic E-state index is 12.6. The predicted octanol–water partition coefficient (Wildman–Crippen LogP) is 9.16. The van der Waals surface area contributed by atoms with Crippen LogP contribution in [-0.4, -0.2) is 41.6 Å². The first-order chi connectivity index (χ1) is 20.9. The minimum atomic E-state index is -1.00. The number of aliphatic carboxylic acids is 1. The van der Waals surface area contributed by atoms with Crippen molar-refractivity contribution in [2.24, 2.45) is 5.73 Å². The fourth-order valence-corrected chi connectivity index (χ4v) is 5.30. The van der Waals surface area contributed by atoms with Crippen LogP contribution in [0, 0.1) is 0 Å². The molecule has 0 bridgehead atoms. The van der Waals surface area contributed by atoms with Gasteiger partial charge in [0, 0.05) is 12.8 Å². The van der Waals surface area contributed by atoms with Gasteiger partial charge in [-0.15, -0.1) is 0 Å². The molecule has 1 amide bonds. The lowest BCUT2D eigenvalue weighted by Gasteiger charge is -2.15. The molecule has 0 aliphatic rings. The Morgan fingerprint density at radius 1 is 0.674 bits per heavy atom. The number of hydrogen-bond donors (Lipinski definition) is 3. The largest absolute Gasteiger partial charge is 0.480 e. The number of nitrogens with two attached hydrogens (primary N) is 1. The van der Waals surface area contributed by atoms with Crippen molar-refractivity contribution in [2.75, 3.05) is 6.54 Å². The molecule has 0 aromatic heterocycles. The first-order valence-corrected chi connectivity index (χ1v) is 18.0. The maximum atomic E-state index is 12.6. The Hall–Kier alpha value is -1.89. The van der Waals surface area contributed by atoms with Gasteiger partial charge >= 0.3 is 11.9 Å². The Balaban J connectivity index is 4.28. The zero-order valence-electron chi connectivity index (χ0n) is 28.1. The molecule has 0 spiro atoms. The van der Waals surface area contributed by atoms with E-state index in [4.69, 9.17) is 10.5 Å². The van der Waals surface area contributed by atoms with E-state index in [9.17, 15) is 19.5 Å². The second-order valence-electron chi connectivity index (χ2n) is 12.3. The zero-order chi connectivity index (χ0) is 31.8. The van der Waals surface area contributed by atoms with E-state index in [1.54, 1.807) is 0 Å². The van der Waals surface area contributed by atoms with Crippen molar-refractivity contribution < 1.29 is 24.2 Å². The summed E-state index contributed by atoms with van der Waals surface area (Å²) in [6.45, 7) is 4.90. The molecule has 7 nitrogen and oxygen atoms in total. The van der Waals surface area contributed by atoms with Crippen molar-refractivity contribution in [1.29, 1.82) is 0 Å². The van der Waals surface area contributed by atoms with Crippen LogP contribution in [-0.2, 0) is 19.1 Å². The van der Waals surface area contributed by atoms with E-state index in [-0.39, 0.29) is 18.0 Å². The van der Waals surface area contributed by atoms with Crippen LogP contribution >= 0.6 is 0 Å². The summed E-state index contributed by atoms with van der Waals surface area (Å²) in [5.41, 5.74) is 5.45. The highest BCUT2D eigenvalue weighted by Crippen LogP contribution is 2.16. The van der Waals surface area contributed by atoms with E-state index in [2.05, 4.69) is 31.3 Å². The first-order valence-electron chi connectivity index (χ1n) is 18.0. The molecule has 0 rings (SSSR count). The fourth-order valence-electron chi connectivity index (χ4n) is 5.30. The number of unbranched alkanes of at least 4 members (excludes halogenated alkanes) is 18. The normalized spacial score (nSPS) is 12.8. The van der Waals surface area contributed by atoms with Crippen LogP contribution < -0.4 is 11.1 Å². The molecule has 0 heterocycles. The number of hydrogen-bond acceptors (Lipinski definition) is 5. The molecule has 0 saturated heterocycles. The van der Waals surface area contributed by atoms with Crippen LogP contribution in [0.1, 0.15) is 181 Å². The molecule has 252 valence electrons. The number of nitrogens with one attached hydrogen (secondary N) is 1. The Morgan fingerprint density at radius 3 is 1.74 bits per heavy atom. The fraction of sp³-hybridized carbons (Fsp3) is 0.861. The Kier molecular flexibility index (Phi) is 30.1. The van der Waals surface area contributed by atoms with Crippen molar-refractivity contribution in [3.05, 3.63) is 12.2 Å². The van der Waals surface area contributed by atoms with Gasteiger partial charge in [0.2, 0.25) is 5.91 Å². The molecule has 0 saturated carbocycles. The molecule has 7 heteroatoms. The highest BCUT2D eigenvalue weighted by atomic mass is 16.5. The second-order valence-corrected chi connectivity index (χ2v) is 12.3. The number of rotatable bonds is 32. The van der Waals surface area contributed by atoms with Crippen molar-refractivity contribution in [3.8, 4) is 0 Å². The van der Waals surface area contributed by atoms with Crippen molar-refractivity contribution in [1.82, 2.24) is 5.32 Å². The first kappa shape index (κ1) is 41.1. The van der Waals surface area contributed by atoms with E-state index in [1.807, 2.05) is 0 Å². The number of carboxylic acid groups (broad SMARTS) is 1. The number of ether oxygens (including phenoxy) is 1. The molecule has 0 aliphatic carbocycles. The van der Waals surface area contributed by atoms with Gasteiger partial charge in [0.15, 0.2) is 0 Å². The molecule has 0 aromatic rings. The Labute approximate surface area is 264 Å². The van der Waals surface area contributed by atoms with Gasteiger partial charge < -0.3 is 20.9 Å². The predicted molar refractivity (Wildman–Crippen MR) is 179 cm³/mol. The van der Waals surface area contributed by atoms with Crippen LogP contribution in [0.4, 0.5) is 0 Å². The topological polar surface area (TPSA) is 119 Å². The smallest absolute Gasteiger partial charge is 0.326 e. The highest BCUT2D eigenvalue weighted by Gasteiger charge is 2.18. The summed E-state index contributed by atoms with van der Waals surface area (Å²) >= 11 is 0. The van der Waals surface area contributed by atoms with Crippen LogP contribution in [0.2, 0.25) is 0 Å². The van der Waals surface area contributed by atoms with Crippen molar-refractivity contribution in [2.45, 2.75) is 193 Å². The second kappa shape index (κ2) is 31.5. The third kappa shape index (κ3) is 28.6. The number of allylic oxidation sites excluding steroid dienone is 1. The van der Waals surface area contributed by atoms with Crippen LogP contribution in [0.3, 0.4) is 0 Å². The number of amides is 1. The monoisotopic (exact) mass is 609 g/mol. The summed E-state index contributed by atoms with van der Waals surface area (Å²) in [6.07, 6.45) is 31.3. The molecule has 4 N–H and O–H groups in total. The SMILES string of the molecule is CCCCCCCC/C=C\C(CCCCCCCCC(=O)NC(CCCN)C(=O)O)OC(=O)CCCCCCCCCC. The summed E-state index contributed by atoms with van der Waals surface area (Å²) in [5, 5.41) is 11.8. The Bertz CT molecular complexity index is 697. The lowest BCUT2D eigenvalue weighted by atomic mass is 10.0. The third-order valence-corrected chi connectivity index (χ3v) is 8.07. The average molecular weight is 609 g/mol. The van der Waals surface area contributed by atoms with E-state index in [0.29, 0.717) is 32.2 Å². The standard InChI is InChI=1S/C36H68N2O5/c1-3-5-7-9-11-13-17-21-26-32(43-35(40)30-24-20-14-12-10-8-6-4-2)27-22-18-15-16-19-23-29-34(39)38-33(36(41)42)28-25-31-37/h21,26,32-33H,3-20,22-25,27-31,37H2,1-2H3,(H,38,39)(H,41,42)/b26-21-. The molecule has 0 fully saturated rings. The summed E-state index contributed by atoms with van der Waals surface area (Å²) in [7, 11) is 0. The minimum absolute atomic E-state index is 0.0633. The lowest BCUT2D eigenvalue weighted by Crippen LogP contribution is -2.40. The van der Waals surface area contributed by atoms with Crippen LogP contribution in [0.15, 0.2) is 12.2 Å². The van der Waals surface area contributed by atoms with Gasteiger partial charge in [0.1, 0.15) is 12.1 Å². The van der Waals surface area contributed by atoms with Crippen LogP contribution in [0.25, 0.3) is 0 Å². The molecule has 0 aromatic carbocycles. The third-order valence-electron chi connectivity index (χ3n) is 8.07. The van der Waals surface area contributed by atoms with E-state index < -0.39 is 12.0 Å². The number of carbonyl (C=O) groups is 3. The van der Waals surface area contributed by atoms with Gasteiger partial charge in [0.25, 0.3) is 0 Å². The molecule has 0 radical (unpaired) electrons. The molecule has 0 aliphatic heterocycles. The Morgan fingerprint density at radius 2 is 1.19 bits per heavy atom. The average Bonchev–Trinajstić information content (AvgIpc) is 2.98. The van der Waals surface area contributed by atoms with Gasteiger partial charge in [-0.3, -0.25) is 9.59 Å². The van der Waals surface area contributed by atoms with E-state index in [0.717, 1.165) is 64.2 Å². The molecular formula is C36H68N2O5. The van der Waals surface area contributed by atoms with Gasteiger partial charge in [-0.1, -0.05) is 123 Å². The summed E-state index contributed by atoms with van der Waals surface area (Å²) in [6, 6.07) is -0.849. The summed E-state index contributed by atoms with van der Waals surface area (Å²) in [5.74, 6) is -1.27. The highest BCUT2D eigenvalue weighted by molar-refractivity contribution is 5.83. The van der Waals surface area contributed by atoms with E-state index in [1.165, 1.54) is 77.0 Å². The van der Waals surface area contributed by atoms with Crippen molar-refractivity contribution >= 4 is 17.8 Å². The van der Waals surface area contributed by atoms with Gasteiger partial charge in [-0.2, -0.15) is 0 Å². The molecule has 2 unspecified atom stereocenters. The van der Waals surface area contributed by atoms with Crippen molar-refractivity contribution in [3.63, 3.8) is 0 Å². The quantitative estimate of drug-likeness (QED) is 0.0398. The van der Waals surface area contributed by atoms with E-state index >= 15 is 0 Å². The molecule has 2 atom stereocenters. The summed E-state index contributed by atoms with van der Waals surface area (Å²) < 4.78 is 5.90. The molecule has 43 heavy (non-hydrogen) atoms. The minimum Gasteiger partial charge on any atom is -0.480 e. The number of carboxylic acids is 1. The molecular weight excluding hydrogens is 540 g/mol. The van der Waals surface area contributed by atoms with Gasteiger partial charge in [-0.25, -0.2) is 4.79 Å². The number of esters is 1. The van der Waals surface area contributed by atoms with Crippen LogP contribution in [0.5, 0.6) is 0 Å². The maximum Gasteiger partial charge on any atom is 0.326 e. The number of carbonyl (C=O) groups excluding carboxylic acids is 2.